The Kier molecular flexibility index (Phi) is 3.84. The van der Waals surface area contributed by atoms with Crippen molar-refractivity contribution in [2.24, 2.45) is 0 Å². The Bertz CT molecular complexity index is 472. The summed E-state index contributed by atoms with van der Waals surface area (Å²) in [6.45, 7) is 2.24. The largest absolute Gasteiger partial charge is 0.495 e. The lowest BCUT2D eigenvalue weighted by Gasteiger charge is -2.28. The van der Waals surface area contributed by atoms with Crippen molar-refractivity contribution in [1.82, 2.24) is 5.32 Å². The van der Waals surface area contributed by atoms with Gasteiger partial charge >= 0.3 is 0 Å². The molecule has 1 unspecified atom stereocenters. The lowest BCUT2D eigenvalue weighted by atomic mass is 9.96. The smallest absolute Gasteiger partial charge is 0.179 e. The van der Waals surface area contributed by atoms with Crippen LogP contribution >= 0.6 is 15.9 Å². The number of piperidine rings is 1. The van der Waals surface area contributed by atoms with Crippen LogP contribution in [-0.2, 0) is 0 Å². The zero-order chi connectivity index (χ0) is 13.2. The number of nitrogens with one attached hydrogen (secondary N) is 1. The Morgan fingerprint density at radius 1 is 1.32 bits per heavy atom. The fourth-order valence-corrected chi connectivity index (χ4v) is 3.43. The molecule has 1 aromatic rings. The first-order chi connectivity index (χ1) is 9.31. The third kappa shape index (κ3) is 2.41. The fraction of sp³-hybridized carbons (Fsp3) is 0.571. The molecule has 0 amide bonds. The van der Waals surface area contributed by atoms with E-state index in [1.807, 2.05) is 0 Å². The third-order valence-electron chi connectivity index (χ3n) is 3.65. The van der Waals surface area contributed by atoms with E-state index >= 15 is 0 Å². The Balaban J connectivity index is 2.04. The molecule has 5 heteroatoms. The van der Waals surface area contributed by atoms with Gasteiger partial charge in [-0.05, 0) is 41.4 Å². The molecule has 3 rings (SSSR count). The Labute approximate surface area is 121 Å². The average Bonchev–Trinajstić information content (AvgIpc) is 2.48. The Hall–Kier alpha value is -0.940. The first-order valence-corrected chi connectivity index (χ1v) is 7.50. The second kappa shape index (κ2) is 5.59. The van der Waals surface area contributed by atoms with Gasteiger partial charge in [-0.25, -0.2) is 0 Å². The van der Waals surface area contributed by atoms with Crippen LogP contribution in [0.15, 0.2) is 10.5 Å². The van der Waals surface area contributed by atoms with Gasteiger partial charge in [0, 0.05) is 11.6 Å². The summed E-state index contributed by atoms with van der Waals surface area (Å²) in [4.78, 5) is 0. The van der Waals surface area contributed by atoms with E-state index in [2.05, 4.69) is 27.3 Å². The van der Waals surface area contributed by atoms with Crippen LogP contribution in [0.4, 0.5) is 0 Å². The zero-order valence-electron chi connectivity index (χ0n) is 11.0. The predicted octanol–water partition coefficient (Wildman–Crippen LogP) is 3.04. The summed E-state index contributed by atoms with van der Waals surface area (Å²) in [7, 11) is 1.70. The van der Waals surface area contributed by atoms with Gasteiger partial charge in [0.25, 0.3) is 0 Å². The highest BCUT2D eigenvalue weighted by Crippen LogP contribution is 2.48. The van der Waals surface area contributed by atoms with Crippen LogP contribution in [0.1, 0.15) is 30.9 Å². The Morgan fingerprint density at radius 3 is 2.89 bits per heavy atom. The molecule has 2 heterocycles. The predicted molar refractivity (Wildman–Crippen MR) is 76.3 cm³/mol. The average molecular weight is 328 g/mol. The van der Waals surface area contributed by atoms with Crippen molar-refractivity contribution in [1.29, 1.82) is 0 Å². The van der Waals surface area contributed by atoms with Crippen LogP contribution in [0.2, 0.25) is 0 Å². The summed E-state index contributed by atoms with van der Waals surface area (Å²) >= 11 is 3.59. The van der Waals surface area contributed by atoms with Crippen LogP contribution < -0.4 is 19.5 Å². The quantitative estimate of drug-likeness (QED) is 0.906. The molecule has 2 aliphatic rings. The Morgan fingerprint density at radius 2 is 2.16 bits per heavy atom. The lowest BCUT2D eigenvalue weighted by Crippen LogP contribution is -2.27. The van der Waals surface area contributed by atoms with Gasteiger partial charge in [-0.1, -0.05) is 6.42 Å². The molecule has 0 radical (unpaired) electrons. The first kappa shape index (κ1) is 13.1. The molecule has 19 heavy (non-hydrogen) atoms. The second-order valence-corrected chi connectivity index (χ2v) is 5.63. The number of benzene rings is 1. The number of rotatable bonds is 2. The summed E-state index contributed by atoms with van der Waals surface area (Å²) in [5.74, 6) is 2.41. The highest BCUT2D eigenvalue weighted by Gasteiger charge is 2.26. The third-order valence-corrected chi connectivity index (χ3v) is 4.37. The number of hydrogen-bond acceptors (Lipinski definition) is 4. The number of methoxy groups -OCH3 is 1. The minimum absolute atomic E-state index is 0.329. The summed E-state index contributed by atoms with van der Waals surface area (Å²) < 4.78 is 17.8. The minimum Gasteiger partial charge on any atom is -0.495 e. The van der Waals surface area contributed by atoms with Crippen molar-refractivity contribution in [3.8, 4) is 17.2 Å². The molecule has 1 fully saturated rings. The van der Waals surface area contributed by atoms with Gasteiger partial charge in [-0.15, -0.1) is 0 Å². The molecule has 0 bridgehead atoms. The first-order valence-electron chi connectivity index (χ1n) is 6.70. The maximum absolute atomic E-state index is 5.70. The zero-order valence-corrected chi connectivity index (χ0v) is 12.6. The van der Waals surface area contributed by atoms with Gasteiger partial charge in [0.05, 0.1) is 7.11 Å². The van der Waals surface area contributed by atoms with Crippen molar-refractivity contribution >= 4 is 15.9 Å². The minimum atomic E-state index is 0.329. The molecule has 1 N–H and O–H groups in total. The van der Waals surface area contributed by atoms with E-state index in [0.717, 1.165) is 40.3 Å². The lowest BCUT2D eigenvalue weighted by molar-refractivity contribution is 0.169. The van der Waals surface area contributed by atoms with Crippen LogP contribution in [-0.4, -0.2) is 26.9 Å². The highest BCUT2D eigenvalue weighted by atomic mass is 79.9. The van der Waals surface area contributed by atoms with Crippen molar-refractivity contribution in [3.63, 3.8) is 0 Å². The molecule has 0 aromatic heterocycles. The van der Waals surface area contributed by atoms with Gasteiger partial charge in [-0.3, -0.25) is 0 Å². The van der Waals surface area contributed by atoms with Crippen LogP contribution in [0.3, 0.4) is 0 Å². The highest BCUT2D eigenvalue weighted by molar-refractivity contribution is 9.10. The van der Waals surface area contributed by atoms with E-state index in [4.69, 9.17) is 14.2 Å². The molecule has 4 nitrogen and oxygen atoms in total. The molecule has 104 valence electrons. The molecule has 0 aliphatic carbocycles. The fourth-order valence-electron chi connectivity index (χ4n) is 2.73. The van der Waals surface area contributed by atoms with Crippen LogP contribution in [0.25, 0.3) is 0 Å². The van der Waals surface area contributed by atoms with E-state index < -0.39 is 0 Å². The van der Waals surface area contributed by atoms with Gasteiger partial charge < -0.3 is 19.5 Å². The summed E-state index contributed by atoms with van der Waals surface area (Å²) in [6.07, 6.45) is 3.61. The second-order valence-electron chi connectivity index (χ2n) is 4.84. The summed E-state index contributed by atoms with van der Waals surface area (Å²) in [5, 5.41) is 3.55. The molecule has 0 spiro atoms. The van der Waals surface area contributed by atoms with Crippen LogP contribution in [0.5, 0.6) is 17.2 Å². The molecule has 1 aromatic carbocycles. The van der Waals surface area contributed by atoms with E-state index in [1.54, 1.807) is 7.11 Å². The van der Waals surface area contributed by atoms with Gasteiger partial charge in [-0.2, -0.15) is 0 Å². The van der Waals surface area contributed by atoms with Gasteiger partial charge in [0.15, 0.2) is 11.5 Å². The maximum Gasteiger partial charge on any atom is 0.179 e. The monoisotopic (exact) mass is 327 g/mol. The topological polar surface area (TPSA) is 39.7 Å². The van der Waals surface area contributed by atoms with Crippen molar-refractivity contribution in [2.45, 2.75) is 25.3 Å². The molecular formula is C14H18BrNO3. The molecule has 1 saturated heterocycles. The van der Waals surface area contributed by atoms with E-state index in [1.165, 1.54) is 12.8 Å². The number of fused-ring (bicyclic) bond motifs is 1. The summed E-state index contributed by atoms with van der Waals surface area (Å²) in [5.41, 5.74) is 1.15. The number of ether oxygens (including phenoxy) is 3. The van der Waals surface area contributed by atoms with Crippen LogP contribution in [0, 0.1) is 0 Å². The molecular weight excluding hydrogens is 310 g/mol. The van der Waals surface area contributed by atoms with Crippen molar-refractivity contribution in [2.75, 3.05) is 26.9 Å². The molecule has 2 aliphatic heterocycles. The summed E-state index contributed by atoms with van der Waals surface area (Å²) in [6, 6.07) is 2.39. The van der Waals surface area contributed by atoms with Gasteiger partial charge in [0.2, 0.25) is 0 Å². The van der Waals surface area contributed by atoms with Gasteiger partial charge in [0.1, 0.15) is 23.4 Å². The van der Waals surface area contributed by atoms with E-state index in [9.17, 15) is 0 Å². The molecule has 1 atom stereocenters. The normalized spacial score (nSPS) is 22.1. The van der Waals surface area contributed by atoms with Crippen molar-refractivity contribution in [3.05, 3.63) is 16.1 Å². The maximum atomic E-state index is 5.70. The number of halogens is 1. The SMILES string of the molecule is COc1c(C2CCCCN2)cc2c(c1Br)OCCO2. The van der Waals surface area contributed by atoms with E-state index in [-0.39, 0.29) is 0 Å². The van der Waals surface area contributed by atoms with E-state index in [0.29, 0.717) is 19.3 Å². The standard InChI is InChI=1S/C14H18BrNO3/c1-17-13-9(10-4-2-3-5-16-10)8-11-14(12(13)15)19-7-6-18-11/h8,10,16H,2-7H2,1H3. The number of hydrogen-bond donors (Lipinski definition) is 1. The molecule has 0 saturated carbocycles. The van der Waals surface area contributed by atoms with Crippen molar-refractivity contribution < 1.29 is 14.2 Å².